The normalized spacial score (nSPS) is 10.3. The van der Waals surface area contributed by atoms with Crippen LogP contribution >= 0.6 is 0 Å². The Balaban J connectivity index is 1.96. The second-order valence-electron chi connectivity index (χ2n) is 4.41. The molecule has 1 heterocycles. The molecule has 2 rings (SSSR count). The Kier molecular flexibility index (Phi) is 4.24. The first kappa shape index (κ1) is 13.9. The van der Waals surface area contributed by atoms with Gasteiger partial charge in [0, 0.05) is 37.6 Å². The molecule has 0 bridgehead atoms. The maximum Gasteiger partial charge on any atom is 0.253 e. The summed E-state index contributed by atoms with van der Waals surface area (Å²) in [6, 6.07) is 6.94. The summed E-state index contributed by atoms with van der Waals surface area (Å²) < 4.78 is 6.88. The molecule has 1 amide bonds. The molecule has 6 nitrogen and oxygen atoms in total. The van der Waals surface area contributed by atoms with Gasteiger partial charge in [0.1, 0.15) is 5.75 Å². The van der Waals surface area contributed by atoms with Crippen molar-refractivity contribution in [1.29, 1.82) is 0 Å². The molecule has 0 saturated heterocycles. The zero-order valence-corrected chi connectivity index (χ0v) is 11.6. The number of carbonyl (C=O) groups is 1. The number of aromatic nitrogens is 2. The Morgan fingerprint density at radius 1 is 1.45 bits per heavy atom. The van der Waals surface area contributed by atoms with Crippen LogP contribution in [0.4, 0.5) is 5.69 Å². The van der Waals surface area contributed by atoms with Gasteiger partial charge in [-0.1, -0.05) is 0 Å². The maximum absolute atomic E-state index is 12.1. The van der Waals surface area contributed by atoms with Crippen LogP contribution in [0, 0.1) is 0 Å². The molecule has 6 heteroatoms. The van der Waals surface area contributed by atoms with Gasteiger partial charge in [0.25, 0.3) is 5.91 Å². The van der Waals surface area contributed by atoms with Crippen molar-refractivity contribution < 1.29 is 9.53 Å². The zero-order chi connectivity index (χ0) is 14.5. The van der Waals surface area contributed by atoms with Gasteiger partial charge < -0.3 is 15.8 Å². The summed E-state index contributed by atoms with van der Waals surface area (Å²) in [4.78, 5) is 12.1. The Labute approximate surface area is 117 Å². The molecule has 0 spiro atoms. The van der Waals surface area contributed by atoms with E-state index in [1.54, 1.807) is 36.2 Å². The van der Waals surface area contributed by atoms with Gasteiger partial charge in [0.2, 0.25) is 0 Å². The average molecular weight is 274 g/mol. The van der Waals surface area contributed by atoms with Crippen LogP contribution in [0.3, 0.4) is 0 Å². The predicted molar refractivity (Wildman–Crippen MR) is 76.7 cm³/mol. The average Bonchev–Trinajstić information content (AvgIpc) is 2.85. The zero-order valence-electron chi connectivity index (χ0n) is 11.6. The molecule has 106 valence electrons. The second-order valence-corrected chi connectivity index (χ2v) is 4.41. The number of hydrogen-bond acceptors (Lipinski definition) is 4. The van der Waals surface area contributed by atoms with Crippen LogP contribution in [0.15, 0.2) is 30.5 Å². The fourth-order valence-corrected chi connectivity index (χ4v) is 1.90. The lowest BCUT2D eigenvalue weighted by Gasteiger charge is -2.09. The van der Waals surface area contributed by atoms with Crippen molar-refractivity contribution in [1.82, 2.24) is 15.1 Å². The van der Waals surface area contributed by atoms with Crippen molar-refractivity contribution in [3.63, 3.8) is 0 Å². The highest BCUT2D eigenvalue weighted by molar-refractivity contribution is 5.99. The minimum Gasteiger partial charge on any atom is -0.497 e. The van der Waals surface area contributed by atoms with Crippen LogP contribution in [0.25, 0.3) is 0 Å². The molecule has 0 atom stereocenters. The van der Waals surface area contributed by atoms with Crippen molar-refractivity contribution in [2.24, 2.45) is 7.05 Å². The summed E-state index contributed by atoms with van der Waals surface area (Å²) in [5.74, 6) is 0.402. The summed E-state index contributed by atoms with van der Waals surface area (Å²) in [5.41, 5.74) is 7.72. The third kappa shape index (κ3) is 3.09. The Morgan fingerprint density at radius 2 is 2.25 bits per heavy atom. The van der Waals surface area contributed by atoms with Crippen molar-refractivity contribution >= 4 is 11.6 Å². The number of methoxy groups -OCH3 is 1. The second kappa shape index (κ2) is 6.10. The first-order chi connectivity index (χ1) is 9.61. The predicted octanol–water partition coefficient (Wildman–Crippen LogP) is 0.983. The highest BCUT2D eigenvalue weighted by atomic mass is 16.5. The van der Waals surface area contributed by atoms with Crippen molar-refractivity contribution in [3.8, 4) is 5.75 Å². The number of anilines is 1. The first-order valence-corrected chi connectivity index (χ1v) is 6.30. The molecule has 1 aromatic heterocycles. The van der Waals surface area contributed by atoms with E-state index >= 15 is 0 Å². The lowest BCUT2D eigenvalue weighted by Crippen LogP contribution is -2.27. The smallest absolute Gasteiger partial charge is 0.253 e. The topological polar surface area (TPSA) is 82.2 Å². The van der Waals surface area contributed by atoms with Crippen LogP contribution in [0.5, 0.6) is 5.75 Å². The van der Waals surface area contributed by atoms with Gasteiger partial charge in [0.15, 0.2) is 0 Å². The number of amides is 1. The largest absolute Gasteiger partial charge is 0.497 e. The SMILES string of the molecule is COc1ccc(N)c(C(=O)NCCc2ccnn2C)c1. The lowest BCUT2D eigenvalue weighted by atomic mass is 10.1. The van der Waals surface area contributed by atoms with E-state index in [1.165, 1.54) is 0 Å². The number of rotatable bonds is 5. The van der Waals surface area contributed by atoms with E-state index in [0.29, 0.717) is 30.0 Å². The van der Waals surface area contributed by atoms with Crippen molar-refractivity contribution in [3.05, 3.63) is 41.7 Å². The number of hydrogen-bond donors (Lipinski definition) is 2. The van der Waals surface area contributed by atoms with Crippen molar-refractivity contribution in [2.75, 3.05) is 19.4 Å². The van der Waals surface area contributed by atoms with E-state index < -0.39 is 0 Å². The Hall–Kier alpha value is -2.50. The first-order valence-electron chi connectivity index (χ1n) is 6.30. The number of aryl methyl sites for hydroxylation is 1. The molecular weight excluding hydrogens is 256 g/mol. The number of carbonyl (C=O) groups excluding carboxylic acids is 1. The number of nitrogens with one attached hydrogen (secondary N) is 1. The molecule has 0 aliphatic heterocycles. The van der Waals surface area contributed by atoms with Gasteiger partial charge in [-0.3, -0.25) is 9.48 Å². The number of nitrogens with two attached hydrogens (primary N) is 1. The number of nitrogens with zero attached hydrogens (tertiary/aromatic N) is 2. The highest BCUT2D eigenvalue weighted by Crippen LogP contribution is 2.19. The van der Waals surface area contributed by atoms with Crippen LogP contribution < -0.4 is 15.8 Å². The maximum atomic E-state index is 12.1. The van der Waals surface area contributed by atoms with Crippen LogP contribution in [-0.4, -0.2) is 29.3 Å². The third-order valence-electron chi connectivity index (χ3n) is 3.09. The summed E-state index contributed by atoms with van der Waals surface area (Å²) in [6.07, 6.45) is 2.45. The summed E-state index contributed by atoms with van der Waals surface area (Å²) in [6.45, 7) is 0.523. The van der Waals surface area contributed by atoms with Gasteiger partial charge in [-0.05, 0) is 24.3 Å². The standard InChI is InChI=1S/C14H18N4O2/c1-18-10(6-8-17-18)5-7-16-14(19)12-9-11(20-2)3-4-13(12)15/h3-4,6,8-9H,5,7,15H2,1-2H3,(H,16,19). The molecule has 1 aromatic carbocycles. The van der Waals surface area contributed by atoms with E-state index in [9.17, 15) is 4.79 Å². The third-order valence-corrected chi connectivity index (χ3v) is 3.09. The monoisotopic (exact) mass is 274 g/mol. The van der Waals surface area contributed by atoms with E-state index in [2.05, 4.69) is 10.4 Å². The molecule has 0 aliphatic rings. The Morgan fingerprint density at radius 3 is 2.90 bits per heavy atom. The van der Waals surface area contributed by atoms with E-state index in [-0.39, 0.29) is 5.91 Å². The van der Waals surface area contributed by atoms with Gasteiger partial charge in [0.05, 0.1) is 12.7 Å². The summed E-state index contributed by atoms with van der Waals surface area (Å²) >= 11 is 0. The Bertz CT molecular complexity index is 607. The van der Waals surface area contributed by atoms with E-state index in [1.807, 2.05) is 13.1 Å². The molecule has 0 fully saturated rings. The van der Waals surface area contributed by atoms with Gasteiger partial charge in [-0.15, -0.1) is 0 Å². The highest BCUT2D eigenvalue weighted by Gasteiger charge is 2.10. The van der Waals surface area contributed by atoms with Gasteiger partial charge in [-0.25, -0.2) is 0 Å². The van der Waals surface area contributed by atoms with Crippen LogP contribution in [0.2, 0.25) is 0 Å². The molecule has 0 aliphatic carbocycles. The molecule has 2 aromatic rings. The molecule has 0 radical (unpaired) electrons. The number of nitrogen functional groups attached to an aromatic ring is 1. The van der Waals surface area contributed by atoms with E-state index in [4.69, 9.17) is 10.5 Å². The summed E-state index contributed by atoms with van der Waals surface area (Å²) in [5, 5.41) is 6.92. The quantitative estimate of drug-likeness (QED) is 0.796. The molecule has 3 N–H and O–H groups in total. The molecule has 0 unspecified atom stereocenters. The minimum absolute atomic E-state index is 0.205. The number of ether oxygens (including phenoxy) is 1. The fourth-order valence-electron chi connectivity index (χ4n) is 1.90. The van der Waals surface area contributed by atoms with Crippen LogP contribution in [-0.2, 0) is 13.5 Å². The van der Waals surface area contributed by atoms with Gasteiger partial charge in [-0.2, -0.15) is 5.10 Å². The number of benzene rings is 1. The molecular formula is C14H18N4O2. The van der Waals surface area contributed by atoms with Gasteiger partial charge >= 0.3 is 0 Å². The minimum atomic E-state index is -0.205. The molecule has 20 heavy (non-hydrogen) atoms. The molecule has 0 saturated carbocycles. The summed E-state index contributed by atoms with van der Waals surface area (Å²) in [7, 11) is 3.42. The van der Waals surface area contributed by atoms with Crippen molar-refractivity contribution in [2.45, 2.75) is 6.42 Å². The fraction of sp³-hybridized carbons (Fsp3) is 0.286. The lowest BCUT2D eigenvalue weighted by molar-refractivity contribution is 0.0954. The van der Waals surface area contributed by atoms with E-state index in [0.717, 1.165) is 5.69 Å². The van der Waals surface area contributed by atoms with Crippen LogP contribution in [0.1, 0.15) is 16.1 Å².